The number of amides is 1. The Bertz CT molecular complexity index is 689. The largest absolute Gasteiger partial charge is 0.494 e. The van der Waals surface area contributed by atoms with Crippen LogP contribution in [0.3, 0.4) is 0 Å². The lowest BCUT2D eigenvalue weighted by Crippen LogP contribution is -2.10. The van der Waals surface area contributed by atoms with E-state index in [1.54, 1.807) is 12.2 Å². The second kappa shape index (κ2) is 8.92. The number of hydrogen-bond acceptors (Lipinski definition) is 2. The third-order valence-electron chi connectivity index (χ3n) is 3.98. The SMILES string of the molecule is CCOc1ccc(/C=C/C(=O)Nc2ccccc2C(C)CC)cc1. The Kier molecular flexibility index (Phi) is 6.62. The number of carbonyl (C=O) groups excluding carboxylic acids is 1. The second-order valence-electron chi connectivity index (χ2n) is 5.72. The summed E-state index contributed by atoms with van der Waals surface area (Å²) >= 11 is 0. The van der Waals surface area contributed by atoms with Gasteiger partial charge in [-0.15, -0.1) is 0 Å². The normalized spacial score (nSPS) is 12.1. The predicted molar refractivity (Wildman–Crippen MR) is 100 cm³/mol. The van der Waals surface area contributed by atoms with Gasteiger partial charge in [-0.1, -0.05) is 44.2 Å². The summed E-state index contributed by atoms with van der Waals surface area (Å²) in [6.45, 7) is 6.92. The van der Waals surface area contributed by atoms with Gasteiger partial charge in [0.2, 0.25) is 5.91 Å². The molecule has 2 aromatic carbocycles. The van der Waals surface area contributed by atoms with Crippen molar-refractivity contribution in [2.75, 3.05) is 11.9 Å². The number of benzene rings is 2. The summed E-state index contributed by atoms with van der Waals surface area (Å²) in [5, 5.41) is 2.98. The van der Waals surface area contributed by atoms with Crippen LogP contribution in [0.15, 0.2) is 54.6 Å². The maximum Gasteiger partial charge on any atom is 0.248 e. The van der Waals surface area contributed by atoms with Crippen molar-refractivity contribution >= 4 is 17.7 Å². The summed E-state index contributed by atoms with van der Waals surface area (Å²) in [4.78, 5) is 12.2. The molecule has 3 heteroatoms. The average Bonchev–Trinajstić information content (AvgIpc) is 2.61. The van der Waals surface area contributed by atoms with Crippen molar-refractivity contribution in [2.45, 2.75) is 33.1 Å². The summed E-state index contributed by atoms with van der Waals surface area (Å²) < 4.78 is 5.41. The minimum absolute atomic E-state index is 0.125. The summed E-state index contributed by atoms with van der Waals surface area (Å²) in [5.74, 6) is 1.12. The van der Waals surface area contributed by atoms with E-state index >= 15 is 0 Å². The topological polar surface area (TPSA) is 38.3 Å². The van der Waals surface area contributed by atoms with Crippen molar-refractivity contribution < 1.29 is 9.53 Å². The highest BCUT2D eigenvalue weighted by Crippen LogP contribution is 2.26. The molecule has 24 heavy (non-hydrogen) atoms. The van der Waals surface area contributed by atoms with Gasteiger partial charge in [-0.05, 0) is 54.7 Å². The molecule has 126 valence electrons. The molecule has 0 spiro atoms. The Morgan fingerprint density at radius 1 is 1.12 bits per heavy atom. The second-order valence-corrected chi connectivity index (χ2v) is 5.72. The smallest absolute Gasteiger partial charge is 0.248 e. The Balaban J connectivity index is 2.03. The number of hydrogen-bond donors (Lipinski definition) is 1. The lowest BCUT2D eigenvalue weighted by molar-refractivity contribution is -0.111. The summed E-state index contributed by atoms with van der Waals surface area (Å²) in [5.41, 5.74) is 3.01. The van der Waals surface area contributed by atoms with Crippen molar-refractivity contribution in [2.24, 2.45) is 0 Å². The van der Waals surface area contributed by atoms with Crippen LogP contribution in [0.2, 0.25) is 0 Å². The van der Waals surface area contributed by atoms with E-state index in [1.165, 1.54) is 5.56 Å². The highest BCUT2D eigenvalue weighted by Gasteiger charge is 2.09. The first-order chi connectivity index (χ1) is 11.6. The van der Waals surface area contributed by atoms with Crippen LogP contribution in [-0.4, -0.2) is 12.5 Å². The molecule has 3 nitrogen and oxygen atoms in total. The van der Waals surface area contributed by atoms with Gasteiger partial charge in [0.1, 0.15) is 5.75 Å². The first kappa shape index (κ1) is 17.8. The number of anilines is 1. The fourth-order valence-corrected chi connectivity index (χ4v) is 2.45. The highest BCUT2D eigenvalue weighted by molar-refractivity contribution is 6.02. The van der Waals surface area contributed by atoms with Gasteiger partial charge in [0.05, 0.1) is 6.61 Å². The molecule has 0 bridgehead atoms. The van der Waals surface area contributed by atoms with Crippen LogP contribution >= 0.6 is 0 Å². The van der Waals surface area contributed by atoms with E-state index in [0.717, 1.165) is 23.4 Å². The highest BCUT2D eigenvalue weighted by atomic mass is 16.5. The zero-order valence-electron chi connectivity index (χ0n) is 14.6. The van der Waals surface area contributed by atoms with E-state index in [9.17, 15) is 4.79 Å². The van der Waals surface area contributed by atoms with Crippen molar-refractivity contribution in [1.82, 2.24) is 0 Å². The zero-order chi connectivity index (χ0) is 17.4. The van der Waals surface area contributed by atoms with E-state index < -0.39 is 0 Å². The first-order valence-electron chi connectivity index (χ1n) is 8.44. The van der Waals surface area contributed by atoms with Gasteiger partial charge in [0.15, 0.2) is 0 Å². The minimum atomic E-state index is -0.125. The van der Waals surface area contributed by atoms with Crippen LogP contribution in [0.4, 0.5) is 5.69 Å². The van der Waals surface area contributed by atoms with Gasteiger partial charge in [-0.3, -0.25) is 4.79 Å². The lowest BCUT2D eigenvalue weighted by atomic mass is 9.97. The lowest BCUT2D eigenvalue weighted by Gasteiger charge is -2.14. The molecule has 0 aliphatic carbocycles. The van der Waals surface area contributed by atoms with Gasteiger partial charge >= 0.3 is 0 Å². The molecule has 0 saturated carbocycles. The van der Waals surface area contributed by atoms with E-state index in [-0.39, 0.29) is 5.91 Å². The van der Waals surface area contributed by atoms with Gasteiger partial charge < -0.3 is 10.1 Å². The minimum Gasteiger partial charge on any atom is -0.494 e. The Labute approximate surface area is 144 Å². The van der Waals surface area contributed by atoms with Crippen LogP contribution in [0, 0.1) is 0 Å². The molecule has 0 aliphatic rings. The van der Waals surface area contributed by atoms with Gasteiger partial charge in [0.25, 0.3) is 0 Å². The fraction of sp³-hybridized carbons (Fsp3) is 0.286. The van der Waals surface area contributed by atoms with Crippen LogP contribution in [0.5, 0.6) is 5.75 Å². The average molecular weight is 323 g/mol. The molecule has 0 aromatic heterocycles. The Morgan fingerprint density at radius 2 is 1.83 bits per heavy atom. The molecule has 1 N–H and O–H groups in total. The van der Waals surface area contributed by atoms with Gasteiger partial charge in [0, 0.05) is 11.8 Å². The van der Waals surface area contributed by atoms with Crippen LogP contribution < -0.4 is 10.1 Å². The number of carbonyl (C=O) groups is 1. The van der Waals surface area contributed by atoms with Crippen molar-refractivity contribution in [1.29, 1.82) is 0 Å². The molecule has 0 fully saturated rings. The third kappa shape index (κ3) is 4.98. The molecule has 2 rings (SSSR count). The van der Waals surface area contributed by atoms with E-state index in [4.69, 9.17) is 4.74 Å². The van der Waals surface area contributed by atoms with E-state index in [2.05, 4.69) is 25.2 Å². The van der Waals surface area contributed by atoms with Crippen LogP contribution in [-0.2, 0) is 4.79 Å². The Morgan fingerprint density at radius 3 is 2.50 bits per heavy atom. The van der Waals surface area contributed by atoms with Crippen molar-refractivity contribution in [3.63, 3.8) is 0 Å². The number of para-hydroxylation sites is 1. The Hall–Kier alpha value is -2.55. The number of nitrogens with one attached hydrogen (secondary N) is 1. The zero-order valence-corrected chi connectivity index (χ0v) is 14.6. The monoisotopic (exact) mass is 323 g/mol. The summed E-state index contributed by atoms with van der Waals surface area (Å²) in [6.07, 6.45) is 4.40. The first-order valence-corrected chi connectivity index (χ1v) is 8.44. The van der Waals surface area contributed by atoms with Crippen molar-refractivity contribution in [3.8, 4) is 5.75 Å². The molecular weight excluding hydrogens is 298 g/mol. The van der Waals surface area contributed by atoms with Crippen LogP contribution in [0.1, 0.15) is 44.2 Å². The van der Waals surface area contributed by atoms with E-state index in [0.29, 0.717) is 12.5 Å². The molecule has 0 saturated heterocycles. The molecule has 0 aliphatic heterocycles. The van der Waals surface area contributed by atoms with Crippen LogP contribution in [0.25, 0.3) is 6.08 Å². The summed E-state index contributed by atoms with van der Waals surface area (Å²) in [6, 6.07) is 15.6. The maximum atomic E-state index is 12.2. The number of ether oxygens (including phenoxy) is 1. The van der Waals surface area contributed by atoms with Gasteiger partial charge in [-0.25, -0.2) is 0 Å². The number of rotatable bonds is 7. The molecule has 2 aromatic rings. The predicted octanol–water partition coefficient (Wildman–Crippen LogP) is 5.25. The van der Waals surface area contributed by atoms with Crippen molar-refractivity contribution in [3.05, 3.63) is 65.7 Å². The molecule has 0 heterocycles. The molecule has 1 atom stereocenters. The van der Waals surface area contributed by atoms with E-state index in [1.807, 2.05) is 49.4 Å². The molecule has 1 unspecified atom stereocenters. The fourth-order valence-electron chi connectivity index (χ4n) is 2.45. The quantitative estimate of drug-likeness (QED) is 0.707. The molecular formula is C21H25NO2. The molecule has 1 amide bonds. The van der Waals surface area contributed by atoms with Gasteiger partial charge in [-0.2, -0.15) is 0 Å². The maximum absolute atomic E-state index is 12.2. The summed E-state index contributed by atoms with van der Waals surface area (Å²) in [7, 11) is 0. The molecule has 0 radical (unpaired) electrons. The standard InChI is InChI=1S/C21H25NO2/c1-4-16(3)19-8-6-7-9-20(19)22-21(23)15-12-17-10-13-18(14-11-17)24-5-2/h6-16H,4-5H2,1-3H3,(H,22,23)/b15-12+. The third-order valence-corrected chi connectivity index (χ3v) is 3.98.